The molecular weight excluding hydrogens is 347 g/mol. The van der Waals surface area contributed by atoms with Gasteiger partial charge in [-0.05, 0) is 35.9 Å². The van der Waals surface area contributed by atoms with E-state index < -0.39 is 0 Å². The molecule has 0 atom stereocenters. The Bertz CT molecular complexity index is 775. The highest BCUT2D eigenvalue weighted by molar-refractivity contribution is 6.33. The van der Waals surface area contributed by atoms with Crippen LogP contribution in [0, 0.1) is 0 Å². The van der Waals surface area contributed by atoms with Crippen molar-refractivity contribution in [3.63, 3.8) is 0 Å². The molecule has 2 aromatic carbocycles. The average Bonchev–Trinajstić information content (AvgIpc) is 2.54. The van der Waals surface area contributed by atoms with Crippen molar-refractivity contribution < 1.29 is 9.59 Å². The number of nitrogens with one attached hydrogen (secondary N) is 1. The highest BCUT2D eigenvalue weighted by Crippen LogP contribution is 2.20. The van der Waals surface area contributed by atoms with Crippen LogP contribution in [0.4, 0.5) is 5.69 Å². The second-order valence-corrected chi connectivity index (χ2v) is 5.95. The van der Waals surface area contributed by atoms with E-state index in [1.54, 1.807) is 55.6 Å². The number of para-hydroxylation sites is 1. The smallest absolute Gasteiger partial charge is 0.246 e. The number of likely N-dealkylation sites (N-methyl/N-ethyl adjacent to an activating group) is 1. The van der Waals surface area contributed by atoms with Crippen molar-refractivity contribution in [2.75, 3.05) is 18.9 Å². The van der Waals surface area contributed by atoms with Gasteiger partial charge in [-0.2, -0.15) is 0 Å². The van der Waals surface area contributed by atoms with Crippen LogP contribution in [-0.4, -0.2) is 30.3 Å². The molecule has 0 spiro atoms. The summed E-state index contributed by atoms with van der Waals surface area (Å²) in [6.45, 7) is -0.0794. The number of amides is 2. The fraction of sp³-hybridized carbons (Fsp3) is 0.111. The van der Waals surface area contributed by atoms with Gasteiger partial charge in [-0.3, -0.25) is 9.59 Å². The third kappa shape index (κ3) is 5.41. The molecule has 1 N–H and O–H groups in total. The summed E-state index contributed by atoms with van der Waals surface area (Å²) in [4.78, 5) is 25.4. The minimum Gasteiger partial charge on any atom is -0.333 e. The summed E-state index contributed by atoms with van der Waals surface area (Å²) in [5.41, 5.74) is 1.32. The standard InChI is InChI=1S/C18H16Cl2N2O2/c1-22(12-17(23)21-16-8-3-2-7-15(16)20)18(24)10-9-13-5-4-6-14(19)11-13/h2-11H,12H2,1H3,(H,21,23)/b10-9+. The third-order valence-corrected chi connectivity index (χ3v) is 3.74. The Morgan fingerprint density at radius 1 is 1.12 bits per heavy atom. The van der Waals surface area contributed by atoms with Gasteiger partial charge in [-0.25, -0.2) is 0 Å². The van der Waals surface area contributed by atoms with E-state index >= 15 is 0 Å². The second-order valence-electron chi connectivity index (χ2n) is 5.11. The lowest BCUT2D eigenvalue weighted by atomic mass is 10.2. The first-order chi connectivity index (χ1) is 11.5. The molecule has 0 heterocycles. The molecule has 2 aromatic rings. The molecule has 0 saturated carbocycles. The fourth-order valence-electron chi connectivity index (χ4n) is 1.95. The molecule has 0 aliphatic heterocycles. The fourth-order valence-corrected chi connectivity index (χ4v) is 2.33. The van der Waals surface area contributed by atoms with Gasteiger partial charge in [0.25, 0.3) is 0 Å². The topological polar surface area (TPSA) is 49.4 Å². The molecule has 0 unspecified atom stereocenters. The average molecular weight is 363 g/mol. The maximum Gasteiger partial charge on any atom is 0.246 e. The quantitative estimate of drug-likeness (QED) is 0.813. The Hall–Kier alpha value is -2.30. The lowest BCUT2D eigenvalue weighted by Gasteiger charge is -2.15. The van der Waals surface area contributed by atoms with Gasteiger partial charge >= 0.3 is 0 Å². The van der Waals surface area contributed by atoms with E-state index in [0.717, 1.165) is 5.56 Å². The Morgan fingerprint density at radius 2 is 1.88 bits per heavy atom. The van der Waals surface area contributed by atoms with Crippen LogP contribution in [0.15, 0.2) is 54.6 Å². The minimum absolute atomic E-state index is 0.0794. The number of carbonyl (C=O) groups excluding carboxylic acids is 2. The molecule has 124 valence electrons. The summed E-state index contributed by atoms with van der Waals surface area (Å²) in [7, 11) is 1.55. The summed E-state index contributed by atoms with van der Waals surface area (Å²) in [5.74, 6) is -0.612. The third-order valence-electron chi connectivity index (χ3n) is 3.17. The highest BCUT2D eigenvalue weighted by Gasteiger charge is 2.11. The van der Waals surface area contributed by atoms with Gasteiger partial charge in [0.2, 0.25) is 11.8 Å². The Kier molecular flexibility index (Phi) is 6.41. The second kappa shape index (κ2) is 8.52. The first-order valence-corrected chi connectivity index (χ1v) is 7.94. The number of hydrogen-bond donors (Lipinski definition) is 1. The van der Waals surface area contributed by atoms with Crippen LogP contribution >= 0.6 is 23.2 Å². The lowest BCUT2D eigenvalue weighted by Crippen LogP contribution is -2.33. The largest absolute Gasteiger partial charge is 0.333 e. The van der Waals surface area contributed by atoms with Crippen molar-refractivity contribution in [3.05, 3.63) is 70.2 Å². The van der Waals surface area contributed by atoms with Crippen molar-refractivity contribution in [2.45, 2.75) is 0 Å². The summed E-state index contributed by atoms with van der Waals surface area (Å²) >= 11 is 11.9. The molecule has 0 saturated heterocycles. The molecule has 0 radical (unpaired) electrons. The number of hydrogen-bond acceptors (Lipinski definition) is 2. The van der Waals surface area contributed by atoms with E-state index in [1.807, 2.05) is 6.07 Å². The zero-order chi connectivity index (χ0) is 17.5. The van der Waals surface area contributed by atoms with Gasteiger partial charge in [0.05, 0.1) is 17.3 Å². The van der Waals surface area contributed by atoms with Crippen LogP contribution in [0.5, 0.6) is 0 Å². The van der Waals surface area contributed by atoms with Gasteiger partial charge in [0.1, 0.15) is 0 Å². The Balaban J connectivity index is 1.91. The normalized spacial score (nSPS) is 10.6. The van der Waals surface area contributed by atoms with Gasteiger partial charge < -0.3 is 10.2 Å². The number of halogens is 2. The minimum atomic E-state index is -0.324. The molecule has 0 fully saturated rings. The van der Waals surface area contributed by atoms with Crippen LogP contribution in [0.3, 0.4) is 0 Å². The molecule has 2 amide bonds. The molecule has 6 heteroatoms. The number of anilines is 1. The lowest BCUT2D eigenvalue weighted by molar-refractivity contribution is -0.129. The predicted molar refractivity (Wildman–Crippen MR) is 98.2 cm³/mol. The van der Waals surface area contributed by atoms with E-state index in [9.17, 15) is 9.59 Å². The van der Waals surface area contributed by atoms with E-state index in [4.69, 9.17) is 23.2 Å². The van der Waals surface area contributed by atoms with Crippen LogP contribution < -0.4 is 5.32 Å². The first kappa shape index (κ1) is 18.0. The molecular formula is C18H16Cl2N2O2. The predicted octanol–water partition coefficient (Wildman–Crippen LogP) is 4.10. The Labute approximate surface area is 150 Å². The zero-order valence-corrected chi connectivity index (χ0v) is 14.5. The van der Waals surface area contributed by atoms with Crippen LogP contribution in [0.1, 0.15) is 5.56 Å². The summed E-state index contributed by atoms with van der Waals surface area (Å²) in [5, 5.41) is 3.71. The molecule has 0 bridgehead atoms. The van der Waals surface area contributed by atoms with Crippen molar-refractivity contribution in [2.24, 2.45) is 0 Å². The molecule has 0 aliphatic rings. The monoisotopic (exact) mass is 362 g/mol. The molecule has 2 rings (SSSR count). The molecule has 24 heavy (non-hydrogen) atoms. The van der Waals surface area contributed by atoms with Gasteiger partial charge in [-0.1, -0.05) is 47.5 Å². The van der Waals surface area contributed by atoms with Crippen molar-refractivity contribution in [3.8, 4) is 0 Å². The van der Waals surface area contributed by atoms with Gasteiger partial charge in [0, 0.05) is 18.1 Å². The SMILES string of the molecule is CN(CC(=O)Nc1ccccc1Cl)C(=O)/C=C/c1cccc(Cl)c1. The van der Waals surface area contributed by atoms with Gasteiger partial charge in [0.15, 0.2) is 0 Å². The van der Waals surface area contributed by atoms with Crippen LogP contribution in [0.25, 0.3) is 6.08 Å². The summed E-state index contributed by atoms with van der Waals surface area (Å²) < 4.78 is 0. The van der Waals surface area contributed by atoms with Crippen molar-refractivity contribution >= 4 is 46.8 Å². The maximum atomic E-state index is 12.1. The van der Waals surface area contributed by atoms with E-state index in [1.165, 1.54) is 11.0 Å². The van der Waals surface area contributed by atoms with E-state index in [0.29, 0.717) is 15.7 Å². The maximum absolute atomic E-state index is 12.1. The van der Waals surface area contributed by atoms with Crippen molar-refractivity contribution in [1.29, 1.82) is 0 Å². The molecule has 0 aromatic heterocycles. The van der Waals surface area contributed by atoms with E-state index in [2.05, 4.69) is 5.32 Å². The van der Waals surface area contributed by atoms with E-state index in [-0.39, 0.29) is 18.4 Å². The molecule has 0 aliphatic carbocycles. The van der Waals surface area contributed by atoms with Crippen LogP contribution in [-0.2, 0) is 9.59 Å². The number of carbonyl (C=O) groups is 2. The number of rotatable bonds is 5. The zero-order valence-electron chi connectivity index (χ0n) is 13.0. The van der Waals surface area contributed by atoms with Crippen molar-refractivity contribution in [1.82, 2.24) is 4.90 Å². The Morgan fingerprint density at radius 3 is 2.58 bits per heavy atom. The van der Waals surface area contributed by atoms with Gasteiger partial charge in [-0.15, -0.1) is 0 Å². The first-order valence-electron chi connectivity index (χ1n) is 7.19. The van der Waals surface area contributed by atoms with Crippen LogP contribution in [0.2, 0.25) is 10.0 Å². The summed E-state index contributed by atoms with van der Waals surface area (Å²) in [6, 6.07) is 14.0. The summed E-state index contributed by atoms with van der Waals surface area (Å²) in [6.07, 6.45) is 3.05. The molecule has 4 nitrogen and oxygen atoms in total. The number of nitrogens with zero attached hydrogens (tertiary/aromatic N) is 1. The number of benzene rings is 2. The highest BCUT2D eigenvalue weighted by atomic mass is 35.5.